The molecule has 0 radical (unpaired) electrons. The van der Waals surface area contributed by atoms with Crippen molar-refractivity contribution in [1.29, 1.82) is 0 Å². The van der Waals surface area contributed by atoms with Crippen molar-refractivity contribution < 1.29 is 4.79 Å². The first kappa shape index (κ1) is 17.9. The zero-order chi connectivity index (χ0) is 19.2. The molecule has 4 rings (SSSR count). The third-order valence-corrected chi connectivity index (χ3v) is 4.70. The molecule has 7 nitrogen and oxygen atoms in total. The number of anilines is 3. The molecule has 0 spiro atoms. The number of nitrogens with one attached hydrogen (secondary N) is 1. The van der Waals surface area contributed by atoms with Crippen LogP contribution in [0.2, 0.25) is 0 Å². The number of hydrogen-bond donors (Lipinski definition) is 1. The SMILES string of the molecule is O=C(Cc1ccccc1)Nc1ccc(N2CCN(c3ncccn3)CC2)cn1. The highest BCUT2D eigenvalue weighted by Crippen LogP contribution is 2.19. The van der Waals surface area contributed by atoms with Crippen molar-refractivity contribution >= 4 is 23.4 Å². The first-order valence-electron chi connectivity index (χ1n) is 9.35. The van der Waals surface area contributed by atoms with E-state index in [1.807, 2.05) is 54.7 Å². The van der Waals surface area contributed by atoms with Gasteiger partial charge in [-0.05, 0) is 23.8 Å². The van der Waals surface area contributed by atoms with E-state index in [0.29, 0.717) is 12.2 Å². The number of rotatable bonds is 5. The molecule has 0 bridgehead atoms. The summed E-state index contributed by atoms with van der Waals surface area (Å²) in [7, 11) is 0. The predicted molar refractivity (Wildman–Crippen MR) is 109 cm³/mol. The third kappa shape index (κ3) is 4.43. The van der Waals surface area contributed by atoms with E-state index in [0.717, 1.165) is 43.4 Å². The fourth-order valence-electron chi connectivity index (χ4n) is 3.23. The van der Waals surface area contributed by atoms with Crippen molar-refractivity contribution in [2.75, 3.05) is 41.3 Å². The maximum atomic E-state index is 12.2. The first-order valence-corrected chi connectivity index (χ1v) is 9.35. The number of aromatic nitrogens is 3. The molecule has 0 saturated carbocycles. The highest BCUT2D eigenvalue weighted by molar-refractivity contribution is 5.91. The summed E-state index contributed by atoms with van der Waals surface area (Å²) in [5.41, 5.74) is 2.03. The number of carbonyl (C=O) groups excluding carboxylic acids is 1. The largest absolute Gasteiger partial charge is 0.367 e. The topological polar surface area (TPSA) is 74.2 Å². The Morgan fingerprint density at radius 1 is 0.857 bits per heavy atom. The van der Waals surface area contributed by atoms with Gasteiger partial charge in [-0.3, -0.25) is 4.79 Å². The summed E-state index contributed by atoms with van der Waals surface area (Å²) in [6.45, 7) is 3.47. The van der Waals surface area contributed by atoms with E-state index in [1.165, 1.54) is 0 Å². The second kappa shape index (κ2) is 8.47. The summed E-state index contributed by atoms with van der Waals surface area (Å²) in [6.07, 6.45) is 5.69. The lowest BCUT2D eigenvalue weighted by Gasteiger charge is -2.35. The number of carbonyl (C=O) groups is 1. The van der Waals surface area contributed by atoms with Crippen molar-refractivity contribution in [1.82, 2.24) is 15.0 Å². The van der Waals surface area contributed by atoms with E-state index in [2.05, 4.69) is 30.1 Å². The smallest absolute Gasteiger partial charge is 0.229 e. The van der Waals surface area contributed by atoms with Crippen molar-refractivity contribution in [3.8, 4) is 0 Å². The van der Waals surface area contributed by atoms with E-state index >= 15 is 0 Å². The summed E-state index contributed by atoms with van der Waals surface area (Å²) in [5, 5.41) is 2.86. The number of piperazine rings is 1. The molecular formula is C21H22N6O. The monoisotopic (exact) mass is 374 g/mol. The van der Waals surface area contributed by atoms with E-state index in [-0.39, 0.29) is 5.91 Å². The van der Waals surface area contributed by atoms with E-state index in [9.17, 15) is 4.79 Å². The highest BCUT2D eigenvalue weighted by atomic mass is 16.1. The first-order chi connectivity index (χ1) is 13.8. The quantitative estimate of drug-likeness (QED) is 0.739. The zero-order valence-corrected chi connectivity index (χ0v) is 15.5. The molecule has 7 heteroatoms. The van der Waals surface area contributed by atoms with Gasteiger partial charge in [0.1, 0.15) is 5.82 Å². The molecule has 3 heterocycles. The van der Waals surface area contributed by atoms with Gasteiger partial charge in [0, 0.05) is 38.6 Å². The lowest BCUT2D eigenvalue weighted by molar-refractivity contribution is -0.115. The van der Waals surface area contributed by atoms with Gasteiger partial charge in [0.2, 0.25) is 11.9 Å². The molecule has 0 aliphatic carbocycles. The molecule has 1 saturated heterocycles. The van der Waals surface area contributed by atoms with Gasteiger partial charge in [0.05, 0.1) is 18.3 Å². The van der Waals surface area contributed by atoms with Crippen LogP contribution >= 0.6 is 0 Å². The number of nitrogens with zero attached hydrogens (tertiary/aromatic N) is 5. The number of benzene rings is 1. The summed E-state index contributed by atoms with van der Waals surface area (Å²) < 4.78 is 0. The van der Waals surface area contributed by atoms with Crippen LogP contribution in [0.3, 0.4) is 0 Å². The zero-order valence-electron chi connectivity index (χ0n) is 15.5. The summed E-state index contributed by atoms with van der Waals surface area (Å²) in [4.78, 5) is 29.6. The fraction of sp³-hybridized carbons (Fsp3) is 0.238. The van der Waals surface area contributed by atoms with Crippen LogP contribution < -0.4 is 15.1 Å². The van der Waals surface area contributed by atoms with Crippen molar-refractivity contribution in [3.63, 3.8) is 0 Å². The minimum Gasteiger partial charge on any atom is -0.367 e. The lowest BCUT2D eigenvalue weighted by Crippen LogP contribution is -2.47. The van der Waals surface area contributed by atoms with Crippen LogP contribution in [0.5, 0.6) is 0 Å². The Morgan fingerprint density at radius 2 is 1.57 bits per heavy atom. The molecule has 1 fully saturated rings. The maximum absolute atomic E-state index is 12.2. The van der Waals surface area contributed by atoms with Gasteiger partial charge in [-0.1, -0.05) is 30.3 Å². The van der Waals surface area contributed by atoms with Gasteiger partial charge in [-0.2, -0.15) is 0 Å². The Balaban J connectivity index is 1.31. The molecular weight excluding hydrogens is 352 g/mol. The van der Waals surface area contributed by atoms with Crippen LogP contribution in [-0.4, -0.2) is 47.0 Å². The average molecular weight is 374 g/mol. The summed E-state index contributed by atoms with van der Waals surface area (Å²) >= 11 is 0. The minimum absolute atomic E-state index is 0.0667. The number of amides is 1. The minimum atomic E-state index is -0.0667. The highest BCUT2D eigenvalue weighted by Gasteiger charge is 2.19. The Bertz CT molecular complexity index is 893. The fourth-order valence-corrected chi connectivity index (χ4v) is 3.23. The van der Waals surface area contributed by atoms with Crippen molar-refractivity contribution in [2.24, 2.45) is 0 Å². The molecule has 28 heavy (non-hydrogen) atoms. The van der Waals surface area contributed by atoms with E-state index < -0.39 is 0 Å². The predicted octanol–water partition coefficient (Wildman–Crippen LogP) is 2.38. The summed E-state index contributed by atoms with van der Waals surface area (Å²) in [6, 6.07) is 15.4. The van der Waals surface area contributed by atoms with Gasteiger partial charge in [-0.15, -0.1) is 0 Å². The Kier molecular flexibility index (Phi) is 5.42. The van der Waals surface area contributed by atoms with Crippen molar-refractivity contribution in [2.45, 2.75) is 6.42 Å². The molecule has 3 aromatic rings. The van der Waals surface area contributed by atoms with Crippen LogP contribution in [0, 0.1) is 0 Å². The standard InChI is InChI=1S/C21H22N6O/c28-20(15-17-5-2-1-3-6-17)25-19-8-7-18(16-24-19)26-11-13-27(14-12-26)21-22-9-4-10-23-21/h1-10,16H,11-15H2,(H,24,25,28). The average Bonchev–Trinajstić information content (AvgIpc) is 2.76. The molecule has 1 aliphatic rings. The third-order valence-electron chi connectivity index (χ3n) is 4.70. The van der Waals surface area contributed by atoms with Gasteiger partial charge in [0.25, 0.3) is 0 Å². The Labute approximate surface area is 164 Å². The lowest BCUT2D eigenvalue weighted by atomic mass is 10.1. The maximum Gasteiger partial charge on any atom is 0.229 e. The molecule has 1 aromatic carbocycles. The molecule has 1 amide bonds. The molecule has 0 atom stereocenters. The van der Waals surface area contributed by atoms with Gasteiger partial charge in [0.15, 0.2) is 0 Å². The molecule has 1 N–H and O–H groups in total. The normalized spacial score (nSPS) is 14.0. The van der Waals surface area contributed by atoms with Gasteiger partial charge >= 0.3 is 0 Å². The van der Waals surface area contributed by atoms with E-state index in [4.69, 9.17) is 0 Å². The van der Waals surface area contributed by atoms with Gasteiger partial charge < -0.3 is 15.1 Å². The van der Waals surface area contributed by atoms with Crippen LogP contribution in [0.25, 0.3) is 0 Å². The van der Waals surface area contributed by atoms with Crippen molar-refractivity contribution in [3.05, 3.63) is 72.7 Å². The van der Waals surface area contributed by atoms with Crippen LogP contribution in [-0.2, 0) is 11.2 Å². The van der Waals surface area contributed by atoms with Crippen LogP contribution in [0.4, 0.5) is 17.5 Å². The van der Waals surface area contributed by atoms with Gasteiger partial charge in [-0.25, -0.2) is 15.0 Å². The Morgan fingerprint density at radius 3 is 2.25 bits per heavy atom. The van der Waals surface area contributed by atoms with Crippen LogP contribution in [0.1, 0.15) is 5.56 Å². The molecule has 142 valence electrons. The van der Waals surface area contributed by atoms with E-state index in [1.54, 1.807) is 12.4 Å². The molecule has 1 aliphatic heterocycles. The second-order valence-corrected chi connectivity index (χ2v) is 6.64. The van der Waals surface area contributed by atoms with Crippen LogP contribution in [0.15, 0.2) is 67.1 Å². The Hall–Kier alpha value is -3.48. The second-order valence-electron chi connectivity index (χ2n) is 6.64. The summed E-state index contributed by atoms with van der Waals surface area (Å²) in [5.74, 6) is 1.28. The molecule has 0 unspecified atom stereocenters. The molecule has 2 aromatic heterocycles. The number of pyridine rings is 1. The number of hydrogen-bond acceptors (Lipinski definition) is 6.